The maximum atomic E-state index is 12.5. The Bertz CT molecular complexity index is 667. The van der Waals surface area contributed by atoms with Gasteiger partial charge in [-0.2, -0.15) is 0 Å². The quantitative estimate of drug-likeness (QED) is 0.881. The third-order valence-electron chi connectivity index (χ3n) is 6.19. The Balaban J connectivity index is 1.17. The van der Waals surface area contributed by atoms with Crippen LogP contribution in [0.3, 0.4) is 0 Å². The van der Waals surface area contributed by atoms with E-state index in [1.165, 1.54) is 5.56 Å². The lowest BCUT2D eigenvalue weighted by atomic mass is 9.85. The van der Waals surface area contributed by atoms with Crippen LogP contribution in [0.5, 0.6) is 0 Å². The van der Waals surface area contributed by atoms with Crippen molar-refractivity contribution in [2.45, 2.75) is 38.1 Å². The van der Waals surface area contributed by atoms with Gasteiger partial charge in [0.2, 0.25) is 5.91 Å². The summed E-state index contributed by atoms with van der Waals surface area (Å²) in [5, 5.41) is 3.17. The molecule has 3 aliphatic heterocycles. The molecule has 146 valence electrons. The predicted octanol–water partition coefficient (Wildman–Crippen LogP) is 2.04. The zero-order valence-electron chi connectivity index (χ0n) is 15.9. The van der Waals surface area contributed by atoms with Gasteiger partial charge in [0.1, 0.15) is 0 Å². The molecule has 6 heteroatoms. The fraction of sp³-hybridized carbons (Fsp3) is 0.619. The number of urea groups is 1. The molecule has 3 heterocycles. The van der Waals surface area contributed by atoms with Crippen LogP contribution in [-0.2, 0) is 16.0 Å². The van der Waals surface area contributed by atoms with Gasteiger partial charge in [0.05, 0.1) is 13.2 Å². The lowest BCUT2D eigenvalue weighted by Crippen LogP contribution is -2.51. The van der Waals surface area contributed by atoms with Gasteiger partial charge in [-0.25, -0.2) is 4.79 Å². The molecule has 3 amide bonds. The van der Waals surface area contributed by atoms with Crippen LogP contribution in [0.15, 0.2) is 30.3 Å². The number of ether oxygens (including phenoxy) is 1. The minimum absolute atomic E-state index is 0.0487. The average molecular weight is 371 g/mol. The maximum Gasteiger partial charge on any atom is 0.317 e. The van der Waals surface area contributed by atoms with Crippen molar-refractivity contribution in [3.8, 4) is 0 Å². The first-order valence-electron chi connectivity index (χ1n) is 10.1. The van der Waals surface area contributed by atoms with Crippen molar-refractivity contribution in [1.29, 1.82) is 0 Å². The molecule has 3 fully saturated rings. The molecule has 1 aromatic carbocycles. The number of amides is 3. The molecule has 0 bridgehead atoms. The molecule has 4 rings (SSSR count). The molecule has 27 heavy (non-hydrogen) atoms. The van der Waals surface area contributed by atoms with E-state index in [1.807, 2.05) is 28.0 Å². The van der Waals surface area contributed by atoms with Gasteiger partial charge in [0.25, 0.3) is 0 Å². The number of carbonyl (C=O) groups excluding carboxylic acids is 2. The number of rotatable bonds is 4. The van der Waals surface area contributed by atoms with Crippen LogP contribution >= 0.6 is 0 Å². The van der Waals surface area contributed by atoms with Gasteiger partial charge in [-0.05, 0) is 31.2 Å². The number of likely N-dealkylation sites (tertiary alicyclic amines) is 2. The van der Waals surface area contributed by atoms with Gasteiger partial charge in [-0.15, -0.1) is 0 Å². The zero-order valence-corrected chi connectivity index (χ0v) is 15.9. The van der Waals surface area contributed by atoms with E-state index < -0.39 is 0 Å². The predicted molar refractivity (Wildman–Crippen MR) is 102 cm³/mol. The van der Waals surface area contributed by atoms with Crippen LogP contribution in [0.4, 0.5) is 4.79 Å². The third kappa shape index (κ3) is 4.26. The summed E-state index contributed by atoms with van der Waals surface area (Å²) in [7, 11) is 0. The second-order valence-electron chi connectivity index (χ2n) is 8.25. The Hall–Kier alpha value is -2.08. The van der Waals surface area contributed by atoms with Crippen molar-refractivity contribution in [2.75, 3.05) is 39.4 Å². The molecule has 0 saturated carbocycles. The molecule has 0 radical (unpaired) electrons. The highest BCUT2D eigenvalue weighted by Crippen LogP contribution is 2.37. The Morgan fingerprint density at radius 2 is 1.81 bits per heavy atom. The van der Waals surface area contributed by atoms with Gasteiger partial charge < -0.3 is 19.9 Å². The van der Waals surface area contributed by atoms with E-state index in [1.54, 1.807) is 0 Å². The SMILES string of the molecule is O=C(CCc1ccccc1)N1CCC(NC(=O)N2CCC3(COC3)C2)CC1. The lowest BCUT2D eigenvalue weighted by molar-refractivity contribution is -0.132. The Morgan fingerprint density at radius 3 is 2.44 bits per heavy atom. The van der Waals surface area contributed by atoms with E-state index in [-0.39, 0.29) is 23.4 Å². The van der Waals surface area contributed by atoms with Gasteiger partial charge in [0.15, 0.2) is 0 Å². The number of carbonyl (C=O) groups is 2. The van der Waals surface area contributed by atoms with E-state index in [9.17, 15) is 9.59 Å². The van der Waals surface area contributed by atoms with Crippen molar-refractivity contribution < 1.29 is 14.3 Å². The molecule has 1 spiro atoms. The Kier molecular flexibility index (Phi) is 5.34. The van der Waals surface area contributed by atoms with Crippen molar-refractivity contribution in [3.63, 3.8) is 0 Å². The number of nitrogens with one attached hydrogen (secondary N) is 1. The number of benzene rings is 1. The molecule has 6 nitrogen and oxygen atoms in total. The molecular formula is C21H29N3O3. The summed E-state index contributed by atoms with van der Waals surface area (Å²) in [6, 6.07) is 10.4. The summed E-state index contributed by atoms with van der Waals surface area (Å²) < 4.78 is 5.32. The van der Waals surface area contributed by atoms with Gasteiger partial charge in [0, 0.05) is 44.1 Å². The van der Waals surface area contributed by atoms with Crippen molar-refractivity contribution in [2.24, 2.45) is 5.41 Å². The van der Waals surface area contributed by atoms with Crippen LogP contribution in [0.25, 0.3) is 0 Å². The van der Waals surface area contributed by atoms with E-state index >= 15 is 0 Å². The molecule has 0 aromatic heterocycles. The van der Waals surface area contributed by atoms with Crippen LogP contribution in [0.1, 0.15) is 31.2 Å². The van der Waals surface area contributed by atoms with E-state index in [0.717, 1.165) is 65.1 Å². The van der Waals surface area contributed by atoms with E-state index in [2.05, 4.69) is 17.4 Å². The first-order chi connectivity index (χ1) is 13.1. The monoisotopic (exact) mass is 371 g/mol. The van der Waals surface area contributed by atoms with Crippen LogP contribution in [-0.4, -0.2) is 67.2 Å². The molecule has 0 atom stereocenters. The number of piperidine rings is 1. The largest absolute Gasteiger partial charge is 0.380 e. The smallest absolute Gasteiger partial charge is 0.317 e. The van der Waals surface area contributed by atoms with Crippen molar-refractivity contribution >= 4 is 11.9 Å². The summed E-state index contributed by atoms with van der Waals surface area (Å²) in [6.45, 7) is 4.69. The number of aryl methyl sites for hydroxylation is 1. The highest BCUT2D eigenvalue weighted by Gasteiger charge is 2.45. The molecule has 3 aliphatic rings. The lowest BCUT2D eigenvalue weighted by Gasteiger charge is -2.38. The molecule has 1 N–H and O–H groups in total. The molecule has 0 unspecified atom stereocenters. The molecule has 3 saturated heterocycles. The highest BCUT2D eigenvalue weighted by atomic mass is 16.5. The Labute approximate surface area is 160 Å². The average Bonchev–Trinajstić information content (AvgIpc) is 3.14. The minimum atomic E-state index is 0.0487. The number of hydrogen-bond acceptors (Lipinski definition) is 3. The first-order valence-corrected chi connectivity index (χ1v) is 10.1. The second-order valence-corrected chi connectivity index (χ2v) is 8.25. The van der Waals surface area contributed by atoms with E-state index in [4.69, 9.17) is 4.74 Å². The van der Waals surface area contributed by atoms with Gasteiger partial charge in [-0.3, -0.25) is 4.79 Å². The van der Waals surface area contributed by atoms with Gasteiger partial charge >= 0.3 is 6.03 Å². The standard InChI is InChI=1S/C21H29N3O3/c25-19(7-6-17-4-2-1-3-5-17)23-11-8-18(9-12-23)22-20(26)24-13-10-21(14-24)15-27-16-21/h1-5,18H,6-16H2,(H,22,26). The first kappa shape index (κ1) is 18.3. The fourth-order valence-corrected chi connectivity index (χ4v) is 4.33. The highest BCUT2D eigenvalue weighted by molar-refractivity contribution is 5.77. The van der Waals surface area contributed by atoms with Crippen LogP contribution in [0.2, 0.25) is 0 Å². The van der Waals surface area contributed by atoms with Crippen molar-refractivity contribution in [1.82, 2.24) is 15.1 Å². The summed E-state index contributed by atoms with van der Waals surface area (Å²) in [6.07, 6.45) is 4.07. The van der Waals surface area contributed by atoms with Crippen LogP contribution in [0, 0.1) is 5.41 Å². The fourth-order valence-electron chi connectivity index (χ4n) is 4.33. The maximum absolute atomic E-state index is 12.5. The number of hydrogen-bond donors (Lipinski definition) is 1. The summed E-state index contributed by atoms with van der Waals surface area (Å²) in [5.74, 6) is 0.218. The summed E-state index contributed by atoms with van der Waals surface area (Å²) in [4.78, 5) is 28.8. The Morgan fingerprint density at radius 1 is 1.07 bits per heavy atom. The second kappa shape index (κ2) is 7.89. The molecule has 1 aromatic rings. The number of nitrogens with zero attached hydrogens (tertiary/aromatic N) is 2. The summed E-state index contributed by atoms with van der Waals surface area (Å²) in [5.41, 5.74) is 1.43. The van der Waals surface area contributed by atoms with Gasteiger partial charge in [-0.1, -0.05) is 30.3 Å². The third-order valence-corrected chi connectivity index (χ3v) is 6.19. The van der Waals surface area contributed by atoms with Crippen molar-refractivity contribution in [3.05, 3.63) is 35.9 Å². The van der Waals surface area contributed by atoms with E-state index in [0.29, 0.717) is 6.42 Å². The molecular weight excluding hydrogens is 342 g/mol. The topological polar surface area (TPSA) is 61.9 Å². The van der Waals surface area contributed by atoms with Crippen LogP contribution < -0.4 is 5.32 Å². The normalized spacial score (nSPS) is 21.9. The molecule has 0 aliphatic carbocycles. The minimum Gasteiger partial charge on any atom is -0.380 e. The zero-order chi connectivity index (χ0) is 18.7. The summed E-state index contributed by atoms with van der Waals surface area (Å²) >= 11 is 0.